The third-order valence-electron chi connectivity index (χ3n) is 1.35. The number of aromatic amines is 1. The number of nitrogens with one attached hydrogen (secondary N) is 2. The lowest BCUT2D eigenvalue weighted by molar-refractivity contribution is 0.0941. The molecule has 1 rings (SSSR count). The van der Waals surface area contributed by atoms with E-state index in [-0.39, 0.29) is 11.6 Å². The first-order valence-electron chi connectivity index (χ1n) is 3.92. The predicted octanol–water partition coefficient (Wildman–Crippen LogP) is -0.728. The van der Waals surface area contributed by atoms with Crippen molar-refractivity contribution in [3.63, 3.8) is 0 Å². The molecule has 0 saturated heterocycles. The number of carbonyl (C=O) groups excluding carboxylic acids is 1. The van der Waals surface area contributed by atoms with E-state index in [2.05, 4.69) is 20.7 Å². The van der Waals surface area contributed by atoms with Gasteiger partial charge in [-0.15, -0.1) is 0 Å². The normalized spacial score (nSPS) is 11.3. The van der Waals surface area contributed by atoms with Gasteiger partial charge in [0.05, 0.1) is 6.20 Å². The molecular weight excluding hydrogens is 170 g/mol. The second-order valence-corrected chi connectivity index (χ2v) is 3.53. The van der Waals surface area contributed by atoms with Crippen LogP contribution in [0.5, 0.6) is 0 Å². The number of nitrogens with zero attached hydrogens (tertiary/aromatic N) is 2. The van der Waals surface area contributed by atoms with Gasteiger partial charge in [-0.2, -0.15) is 15.4 Å². The average Bonchev–Trinajstić information content (AvgIpc) is 2.50. The van der Waals surface area contributed by atoms with E-state index in [4.69, 9.17) is 5.73 Å². The molecule has 0 unspecified atom stereocenters. The van der Waals surface area contributed by atoms with Gasteiger partial charge in [0.1, 0.15) is 0 Å². The summed E-state index contributed by atoms with van der Waals surface area (Å²) < 4.78 is 0. The molecule has 6 heteroatoms. The lowest BCUT2D eigenvalue weighted by atomic mass is 10.1. The molecule has 1 amide bonds. The van der Waals surface area contributed by atoms with Gasteiger partial charge in [0.25, 0.3) is 5.91 Å². The van der Waals surface area contributed by atoms with Crippen molar-refractivity contribution < 1.29 is 4.79 Å². The second kappa shape index (κ2) is 3.53. The molecule has 0 atom stereocenters. The van der Waals surface area contributed by atoms with Crippen LogP contribution in [0, 0.1) is 0 Å². The van der Waals surface area contributed by atoms with Gasteiger partial charge in [-0.05, 0) is 13.8 Å². The quantitative estimate of drug-likeness (QED) is 0.575. The third-order valence-corrected chi connectivity index (χ3v) is 1.35. The van der Waals surface area contributed by atoms with Crippen molar-refractivity contribution >= 4 is 5.91 Å². The van der Waals surface area contributed by atoms with Crippen LogP contribution in [-0.2, 0) is 0 Å². The Labute approximate surface area is 75.9 Å². The molecule has 0 aliphatic rings. The zero-order valence-electron chi connectivity index (χ0n) is 7.66. The lowest BCUT2D eigenvalue weighted by Crippen LogP contribution is -2.45. The minimum Gasteiger partial charge on any atom is -0.349 e. The molecule has 1 heterocycles. The summed E-state index contributed by atoms with van der Waals surface area (Å²) in [4.78, 5) is 11.3. The van der Waals surface area contributed by atoms with E-state index in [1.165, 1.54) is 6.20 Å². The highest BCUT2D eigenvalue weighted by Gasteiger charge is 2.14. The second-order valence-electron chi connectivity index (χ2n) is 3.53. The van der Waals surface area contributed by atoms with E-state index in [9.17, 15) is 4.79 Å². The van der Waals surface area contributed by atoms with Crippen LogP contribution in [0.15, 0.2) is 6.20 Å². The lowest BCUT2D eigenvalue weighted by Gasteiger charge is -2.18. The summed E-state index contributed by atoms with van der Waals surface area (Å²) in [6.45, 7) is 4.06. The van der Waals surface area contributed by atoms with Gasteiger partial charge in [-0.1, -0.05) is 0 Å². The van der Waals surface area contributed by atoms with Gasteiger partial charge < -0.3 is 11.1 Å². The Morgan fingerprint density at radius 1 is 1.77 bits per heavy atom. The van der Waals surface area contributed by atoms with E-state index in [1.807, 2.05) is 13.8 Å². The zero-order valence-corrected chi connectivity index (χ0v) is 7.66. The molecule has 0 saturated carbocycles. The van der Waals surface area contributed by atoms with Crippen molar-refractivity contribution in [2.45, 2.75) is 19.4 Å². The van der Waals surface area contributed by atoms with Crippen LogP contribution in [-0.4, -0.2) is 33.4 Å². The van der Waals surface area contributed by atoms with Crippen molar-refractivity contribution in [2.24, 2.45) is 5.73 Å². The van der Waals surface area contributed by atoms with Crippen molar-refractivity contribution in [3.05, 3.63) is 11.9 Å². The highest BCUT2D eigenvalue weighted by atomic mass is 16.2. The van der Waals surface area contributed by atoms with Crippen LogP contribution in [0.4, 0.5) is 0 Å². The van der Waals surface area contributed by atoms with Crippen molar-refractivity contribution in [2.75, 3.05) is 6.54 Å². The number of hydrogen-bond donors (Lipinski definition) is 3. The SMILES string of the molecule is CC(C)(N)CNC(=O)c1cn[nH]n1. The fourth-order valence-corrected chi connectivity index (χ4v) is 0.710. The van der Waals surface area contributed by atoms with E-state index < -0.39 is 5.54 Å². The maximum Gasteiger partial charge on any atom is 0.273 e. The van der Waals surface area contributed by atoms with E-state index in [0.717, 1.165) is 0 Å². The van der Waals surface area contributed by atoms with Gasteiger partial charge in [0, 0.05) is 12.1 Å². The summed E-state index contributed by atoms with van der Waals surface area (Å²) in [6, 6.07) is 0. The van der Waals surface area contributed by atoms with Gasteiger partial charge in [-0.3, -0.25) is 4.79 Å². The predicted molar refractivity (Wildman–Crippen MR) is 47.0 cm³/mol. The third kappa shape index (κ3) is 3.20. The Morgan fingerprint density at radius 2 is 2.46 bits per heavy atom. The molecule has 0 fully saturated rings. The van der Waals surface area contributed by atoms with Gasteiger partial charge >= 0.3 is 0 Å². The minimum absolute atomic E-state index is 0.268. The first-order valence-corrected chi connectivity index (χ1v) is 3.92. The highest BCUT2D eigenvalue weighted by Crippen LogP contribution is 1.94. The van der Waals surface area contributed by atoms with Crippen LogP contribution in [0.3, 0.4) is 0 Å². The largest absolute Gasteiger partial charge is 0.349 e. The van der Waals surface area contributed by atoms with E-state index >= 15 is 0 Å². The van der Waals surface area contributed by atoms with Crippen molar-refractivity contribution in [1.29, 1.82) is 0 Å². The molecule has 0 aliphatic carbocycles. The fourth-order valence-electron chi connectivity index (χ4n) is 0.710. The molecule has 0 spiro atoms. The summed E-state index contributed by atoms with van der Waals surface area (Å²) >= 11 is 0. The number of carbonyl (C=O) groups is 1. The first kappa shape index (κ1) is 9.66. The van der Waals surface area contributed by atoms with Crippen LogP contribution in [0.1, 0.15) is 24.3 Å². The van der Waals surface area contributed by atoms with E-state index in [0.29, 0.717) is 6.54 Å². The van der Waals surface area contributed by atoms with Gasteiger partial charge in [-0.25, -0.2) is 0 Å². The number of rotatable bonds is 3. The summed E-state index contributed by atoms with van der Waals surface area (Å²) in [5.41, 5.74) is 5.53. The average molecular weight is 183 g/mol. The maximum absolute atomic E-state index is 11.3. The monoisotopic (exact) mass is 183 g/mol. The Bertz CT molecular complexity index is 274. The highest BCUT2D eigenvalue weighted by molar-refractivity contribution is 5.91. The molecule has 13 heavy (non-hydrogen) atoms. The summed E-state index contributed by atoms with van der Waals surface area (Å²) in [5.74, 6) is -0.271. The molecule has 1 aromatic heterocycles. The molecule has 0 radical (unpaired) electrons. The number of amides is 1. The smallest absolute Gasteiger partial charge is 0.273 e. The Kier molecular flexibility index (Phi) is 2.62. The minimum atomic E-state index is -0.417. The number of H-pyrrole nitrogens is 1. The number of hydrogen-bond acceptors (Lipinski definition) is 4. The van der Waals surface area contributed by atoms with Crippen molar-refractivity contribution in [3.8, 4) is 0 Å². The van der Waals surface area contributed by atoms with Crippen molar-refractivity contribution in [1.82, 2.24) is 20.7 Å². The zero-order chi connectivity index (χ0) is 9.90. The number of aromatic nitrogens is 3. The summed E-state index contributed by atoms with van der Waals surface area (Å²) in [6.07, 6.45) is 1.36. The van der Waals surface area contributed by atoms with Crippen LogP contribution < -0.4 is 11.1 Å². The van der Waals surface area contributed by atoms with Crippen LogP contribution >= 0.6 is 0 Å². The molecule has 4 N–H and O–H groups in total. The first-order chi connectivity index (χ1) is 5.99. The Morgan fingerprint density at radius 3 is 2.92 bits per heavy atom. The standard InChI is InChI=1S/C7H13N5O/c1-7(2,8)4-9-6(13)5-3-10-12-11-5/h3H,4,8H2,1-2H3,(H,9,13)(H,10,11,12). The molecular formula is C7H13N5O. The molecule has 1 aromatic rings. The fraction of sp³-hybridized carbons (Fsp3) is 0.571. The van der Waals surface area contributed by atoms with E-state index in [1.54, 1.807) is 0 Å². The number of nitrogens with two attached hydrogens (primary N) is 1. The Hall–Kier alpha value is -1.43. The molecule has 0 bridgehead atoms. The van der Waals surface area contributed by atoms with Crippen LogP contribution in [0.2, 0.25) is 0 Å². The molecule has 0 aliphatic heterocycles. The van der Waals surface area contributed by atoms with Crippen LogP contribution in [0.25, 0.3) is 0 Å². The Balaban J connectivity index is 2.44. The topological polar surface area (TPSA) is 96.7 Å². The summed E-state index contributed by atoms with van der Waals surface area (Å²) in [5, 5.41) is 12.1. The molecule has 72 valence electrons. The molecule has 6 nitrogen and oxygen atoms in total. The van der Waals surface area contributed by atoms with Gasteiger partial charge in [0.2, 0.25) is 0 Å². The maximum atomic E-state index is 11.3. The van der Waals surface area contributed by atoms with Gasteiger partial charge in [0.15, 0.2) is 5.69 Å². The summed E-state index contributed by atoms with van der Waals surface area (Å²) in [7, 11) is 0. The molecule has 0 aromatic carbocycles.